The first-order valence-corrected chi connectivity index (χ1v) is 38.1. The largest absolute Gasteiger partial charge is 0.500 e. The van der Waals surface area contributed by atoms with Crippen LogP contribution in [0, 0.1) is 0 Å². The summed E-state index contributed by atoms with van der Waals surface area (Å²) in [7, 11) is 11.2. The highest BCUT2D eigenvalue weighted by Crippen LogP contribution is 2.19. The third-order valence-corrected chi connectivity index (χ3v) is 27.1. The molecule has 0 fully saturated rings. The van der Waals surface area contributed by atoms with E-state index < -0.39 is 44.0 Å². The van der Waals surface area contributed by atoms with Gasteiger partial charge in [0.2, 0.25) is 0 Å². The third kappa shape index (κ3) is 40.9. The van der Waals surface area contributed by atoms with Crippen molar-refractivity contribution in [1.29, 1.82) is 0 Å². The molecule has 0 aliphatic rings. The van der Waals surface area contributed by atoms with Gasteiger partial charge >= 0.3 is 44.0 Å². The molecule has 466 valence electrons. The standard InChI is InChI=1S/C17H30N2O3Si.C15H28N2O3Si.C9H22O3Si.C6H15ClO3Si.C6H16O3SSi/c1-4-14-22-23(20-2,21-3)15-8-11-18-12-13-19-16-17-9-6-5-7-10-17;1-18-21(19-2,20-3)13-7-10-16-11-12-17-14-15-8-5-4-6-9-15;1-5-6-7-8-9-13(10-2,11-3)12-4;1-8-11(9-2,10-3)6-4-5-7;1-7-11(8-2,9-3)6-4-5-10/h4-7,9-10,18-19H,1,8,11-16H2,2-3H3;4-6,8-9,16-17H,7,10-14H2,1-3H3;5-9H2,1-4H3;4-6H2,1-3H3;10H,4-6H2,1-3H3. The lowest BCUT2D eigenvalue weighted by Gasteiger charge is -2.25. The lowest BCUT2D eigenvalue weighted by Crippen LogP contribution is -2.44. The predicted octanol–water partition coefficient (Wildman–Crippen LogP) is 8.95. The van der Waals surface area contributed by atoms with Gasteiger partial charge in [0, 0.05) is 175 Å². The molecule has 0 bridgehead atoms. The Labute approximate surface area is 496 Å². The molecule has 2 aromatic rings. The van der Waals surface area contributed by atoms with E-state index in [9.17, 15) is 0 Å². The van der Waals surface area contributed by atoms with Gasteiger partial charge in [-0.05, 0) is 62.1 Å². The molecule has 0 amide bonds. The first-order valence-electron chi connectivity index (χ1n) is 27.3. The quantitative estimate of drug-likeness (QED) is 0.0139. The molecule has 0 heterocycles. The summed E-state index contributed by atoms with van der Waals surface area (Å²) in [4.78, 5) is 0. The maximum atomic E-state index is 5.71. The Morgan fingerprint density at radius 1 is 0.405 bits per heavy atom. The van der Waals surface area contributed by atoms with E-state index in [0.29, 0.717) is 12.5 Å². The molecule has 0 unspecified atom stereocenters. The molecular formula is C53H111ClN4O15SSi5. The normalized spacial score (nSPS) is 11.8. The minimum absolute atomic E-state index is 0.463. The van der Waals surface area contributed by atoms with E-state index in [1.165, 1.54) is 30.4 Å². The first-order chi connectivity index (χ1) is 38.2. The van der Waals surface area contributed by atoms with Crippen LogP contribution in [0.15, 0.2) is 73.3 Å². The molecule has 4 N–H and O–H groups in total. The van der Waals surface area contributed by atoms with Gasteiger partial charge in [0.05, 0.1) is 6.61 Å². The zero-order valence-corrected chi connectivity index (χ0v) is 58.1. The van der Waals surface area contributed by atoms with Crippen LogP contribution in [0.2, 0.25) is 30.2 Å². The van der Waals surface area contributed by atoms with Crippen LogP contribution in [0.5, 0.6) is 0 Å². The van der Waals surface area contributed by atoms with E-state index in [0.717, 1.165) is 120 Å². The molecule has 26 heteroatoms. The number of alkyl halides is 1. The minimum Gasteiger partial charge on any atom is -0.377 e. The number of hydrogen-bond acceptors (Lipinski definition) is 20. The van der Waals surface area contributed by atoms with Gasteiger partial charge in [-0.3, -0.25) is 0 Å². The molecule has 0 aliphatic carbocycles. The molecule has 79 heavy (non-hydrogen) atoms. The number of hydrogen-bond donors (Lipinski definition) is 5. The molecule has 0 aliphatic heterocycles. The van der Waals surface area contributed by atoms with Gasteiger partial charge in [0.25, 0.3) is 0 Å². The summed E-state index contributed by atoms with van der Waals surface area (Å²) in [6.07, 6.45) is 10.4. The molecule has 0 radical (unpaired) electrons. The molecule has 0 spiro atoms. The van der Waals surface area contributed by atoms with Crippen LogP contribution in [0.3, 0.4) is 0 Å². The van der Waals surface area contributed by atoms with Crippen molar-refractivity contribution in [3.05, 3.63) is 84.4 Å². The smallest absolute Gasteiger partial charge is 0.377 e. The Balaban J connectivity index is -0.000000949. The molecule has 19 nitrogen and oxygen atoms in total. The monoisotopic (exact) mass is 1250 g/mol. The van der Waals surface area contributed by atoms with Gasteiger partial charge in [-0.25, -0.2) is 0 Å². The van der Waals surface area contributed by atoms with Crippen molar-refractivity contribution in [2.45, 2.75) is 102 Å². The average molecular weight is 1250 g/mol. The van der Waals surface area contributed by atoms with E-state index in [-0.39, 0.29) is 0 Å². The van der Waals surface area contributed by atoms with Gasteiger partial charge in [0.15, 0.2) is 0 Å². The highest BCUT2D eigenvalue weighted by Gasteiger charge is 2.40. The molecular weight excluding hydrogens is 1140 g/mol. The van der Waals surface area contributed by atoms with Gasteiger partial charge in [-0.15, -0.1) is 18.2 Å². The van der Waals surface area contributed by atoms with Crippen LogP contribution >= 0.6 is 24.2 Å². The maximum Gasteiger partial charge on any atom is 0.500 e. The molecule has 0 saturated carbocycles. The summed E-state index contributed by atoms with van der Waals surface area (Å²) < 4.78 is 79.9. The second-order valence-electron chi connectivity index (χ2n) is 17.3. The molecule has 2 aromatic carbocycles. The summed E-state index contributed by atoms with van der Waals surface area (Å²) in [5.74, 6) is 1.45. The lowest BCUT2D eigenvalue weighted by atomic mass is 10.2. The van der Waals surface area contributed by atoms with Gasteiger partial charge in [0.1, 0.15) is 0 Å². The Morgan fingerprint density at radius 2 is 0.722 bits per heavy atom. The van der Waals surface area contributed by atoms with Gasteiger partial charge in [-0.2, -0.15) is 12.6 Å². The van der Waals surface area contributed by atoms with E-state index in [4.69, 9.17) is 78.0 Å². The van der Waals surface area contributed by atoms with Crippen LogP contribution in [0.25, 0.3) is 0 Å². The SMILES string of the molecule is C=CCO[Si](CCCNCCNCc1ccccc1)(OC)OC.CCCCCC[Si](OC)(OC)OC.CO[Si](CCCCl)(OC)OC.CO[Si](CCCNCCNCc1ccccc1)(OC)OC.CO[Si](CCCS)(OC)OC. The van der Waals surface area contributed by atoms with Crippen molar-refractivity contribution >= 4 is 68.3 Å². The summed E-state index contributed by atoms with van der Waals surface area (Å²) >= 11 is 9.64. The Kier molecular flexibility index (Phi) is 58.7. The zero-order valence-electron chi connectivity index (χ0n) is 51.5. The van der Waals surface area contributed by atoms with Crippen molar-refractivity contribution in [1.82, 2.24) is 21.3 Å². The van der Waals surface area contributed by atoms with Crippen molar-refractivity contribution in [3.63, 3.8) is 0 Å². The van der Waals surface area contributed by atoms with Gasteiger partial charge < -0.3 is 87.7 Å². The van der Waals surface area contributed by atoms with Crippen LogP contribution in [0.4, 0.5) is 0 Å². The van der Waals surface area contributed by atoms with Crippen LogP contribution < -0.4 is 21.3 Å². The van der Waals surface area contributed by atoms with E-state index >= 15 is 0 Å². The highest BCUT2D eigenvalue weighted by molar-refractivity contribution is 7.80. The lowest BCUT2D eigenvalue weighted by molar-refractivity contribution is 0.109. The molecule has 0 saturated heterocycles. The van der Waals surface area contributed by atoms with Crippen LogP contribution in [-0.4, -0.2) is 201 Å². The maximum absolute atomic E-state index is 5.71. The topological polar surface area (TPSA) is 187 Å². The Hall–Kier alpha value is -0.856. The Morgan fingerprint density at radius 3 is 1.04 bits per heavy atom. The second-order valence-corrected chi connectivity index (χ2v) is 33.5. The summed E-state index contributed by atoms with van der Waals surface area (Å²) in [5.41, 5.74) is 2.62. The number of thiol groups is 1. The number of benzene rings is 2. The fraction of sp³-hybridized carbons (Fsp3) is 0.736. The molecule has 0 atom stereocenters. The number of rotatable bonds is 46. The first kappa shape index (κ1) is 82.4. The van der Waals surface area contributed by atoms with E-state index in [2.05, 4.69) is 95.9 Å². The van der Waals surface area contributed by atoms with Crippen LogP contribution in [0.1, 0.15) is 69.4 Å². The summed E-state index contributed by atoms with van der Waals surface area (Å²) in [6.45, 7) is 13.8. The van der Waals surface area contributed by atoms with Gasteiger partial charge in [-0.1, -0.05) is 92.9 Å². The Bertz CT molecular complexity index is 1520. The summed E-state index contributed by atoms with van der Waals surface area (Å²) in [5, 5.41) is 13.7. The van der Waals surface area contributed by atoms with Crippen molar-refractivity contribution in [2.24, 2.45) is 0 Å². The highest BCUT2D eigenvalue weighted by atomic mass is 35.5. The molecule has 0 aromatic heterocycles. The third-order valence-electron chi connectivity index (χ3n) is 12.3. The fourth-order valence-electron chi connectivity index (χ4n) is 7.36. The summed E-state index contributed by atoms with van der Waals surface area (Å²) in [6, 6.07) is 25.0. The fourth-order valence-corrected chi connectivity index (χ4v) is 17.1. The van der Waals surface area contributed by atoms with Crippen molar-refractivity contribution in [2.75, 3.05) is 157 Å². The predicted molar refractivity (Wildman–Crippen MR) is 336 cm³/mol. The number of halogens is 1. The molecule has 2 rings (SSSR count). The number of nitrogens with one attached hydrogen (secondary N) is 4. The zero-order chi connectivity index (χ0) is 59.8. The van der Waals surface area contributed by atoms with E-state index in [1.807, 2.05) is 12.1 Å². The van der Waals surface area contributed by atoms with Crippen LogP contribution in [-0.2, 0) is 79.5 Å². The van der Waals surface area contributed by atoms with Crippen molar-refractivity contribution in [3.8, 4) is 0 Å². The van der Waals surface area contributed by atoms with Crippen molar-refractivity contribution < 1.29 is 66.4 Å². The second kappa shape index (κ2) is 56.3. The van der Waals surface area contributed by atoms with E-state index in [1.54, 1.807) is 106 Å². The minimum atomic E-state index is -2.51. The number of unbranched alkanes of at least 4 members (excludes halogenated alkanes) is 3. The average Bonchev–Trinajstić information content (AvgIpc) is 3.51.